The molecule has 0 spiro atoms. The van der Waals surface area contributed by atoms with Crippen molar-refractivity contribution in [2.24, 2.45) is 0 Å². The predicted molar refractivity (Wildman–Crippen MR) is 107 cm³/mol. The molecule has 0 unspecified atom stereocenters. The number of hydrogen-bond acceptors (Lipinski definition) is 6. The fourth-order valence-electron chi connectivity index (χ4n) is 3.09. The van der Waals surface area contributed by atoms with Crippen LogP contribution in [0.15, 0.2) is 48.5 Å². The van der Waals surface area contributed by atoms with Crippen LogP contribution in [-0.4, -0.2) is 32.2 Å². The van der Waals surface area contributed by atoms with Crippen LogP contribution >= 0.6 is 0 Å². The Morgan fingerprint density at radius 2 is 1.66 bits per heavy atom. The summed E-state index contributed by atoms with van der Waals surface area (Å²) in [4.78, 5) is 24.3. The molecular formula is C22H19NO6. The average molecular weight is 393 g/mol. The molecule has 1 N–H and O–H groups in total. The van der Waals surface area contributed by atoms with Crippen LogP contribution in [0.4, 0.5) is 5.69 Å². The van der Waals surface area contributed by atoms with Crippen LogP contribution in [-0.2, 0) is 4.79 Å². The first kappa shape index (κ1) is 18.6. The van der Waals surface area contributed by atoms with Gasteiger partial charge in [-0.15, -0.1) is 0 Å². The van der Waals surface area contributed by atoms with E-state index < -0.39 is 5.91 Å². The number of carbonyl (C=O) groups is 2. The van der Waals surface area contributed by atoms with Crippen molar-refractivity contribution in [3.8, 4) is 23.0 Å². The van der Waals surface area contributed by atoms with E-state index in [9.17, 15) is 9.59 Å². The molecule has 148 valence electrons. The number of anilines is 1. The fourth-order valence-corrected chi connectivity index (χ4v) is 3.09. The summed E-state index contributed by atoms with van der Waals surface area (Å²) in [6.45, 7) is 1.30. The number of methoxy groups -OCH3 is 1. The molecule has 0 atom stereocenters. The van der Waals surface area contributed by atoms with E-state index in [0.717, 1.165) is 16.5 Å². The summed E-state index contributed by atoms with van der Waals surface area (Å²) in [5.74, 6) is 1.68. The molecule has 4 rings (SSSR count). The number of fused-ring (bicyclic) bond motifs is 2. The Balaban J connectivity index is 1.47. The number of carbonyl (C=O) groups excluding carboxylic acids is 2. The maximum atomic E-state index is 12.4. The van der Waals surface area contributed by atoms with E-state index in [1.54, 1.807) is 25.3 Å². The molecule has 1 aliphatic rings. The monoisotopic (exact) mass is 393 g/mol. The summed E-state index contributed by atoms with van der Waals surface area (Å²) >= 11 is 0. The molecule has 7 nitrogen and oxygen atoms in total. The second-order valence-electron chi connectivity index (χ2n) is 6.52. The van der Waals surface area contributed by atoms with Crippen molar-refractivity contribution < 1.29 is 28.5 Å². The molecule has 0 fully saturated rings. The third-order valence-corrected chi connectivity index (χ3v) is 4.55. The SMILES string of the molecule is COc1ccc2ccc(OCC(=O)Nc3cc4c(cc3C(C)=O)OCO4)cc2c1. The summed E-state index contributed by atoms with van der Waals surface area (Å²) in [5, 5.41) is 4.68. The van der Waals surface area contributed by atoms with Crippen LogP contribution in [0, 0.1) is 0 Å². The Bertz CT molecular complexity index is 1110. The Labute approximate surface area is 167 Å². The topological polar surface area (TPSA) is 83.1 Å². The number of nitrogens with one attached hydrogen (secondary N) is 1. The largest absolute Gasteiger partial charge is 0.497 e. The van der Waals surface area contributed by atoms with Gasteiger partial charge in [0, 0.05) is 11.6 Å². The second-order valence-corrected chi connectivity index (χ2v) is 6.52. The van der Waals surface area contributed by atoms with Crippen LogP contribution in [0.2, 0.25) is 0 Å². The summed E-state index contributed by atoms with van der Waals surface area (Å²) in [6, 6.07) is 14.4. The molecule has 3 aromatic rings. The maximum absolute atomic E-state index is 12.4. The molecule has 0 saturated heterocycles. The van der Waals surface area contributed by atoms with Gasteiger partial charge in [0.25, 0.3) is 5.91 Å². The maximum Gasteiger partial charge on any atom is 0.262 e. The number of amides is 1. The van der Waals surface area contributed by atoms with E-state index in [2.05, 4.69) is 5.32 Å². The van der Waals surface area contributed by atoms with Crippen molar-refractivity contribution in [1.82, 2.24) is 0 Å². The lowest BCUT2D eigenvalue weighted by molar-refractivity contribution is -0.118. The zero-order valence-electron chi connectivity index (χ0n) is 16.0. The smallest absolute Gasteiger partial charge is 0.262 e. The van der Waals surface area contributed by atoms with Crippen molar-refractivity contribution >= 4 is 28.2 Å². The molecule has 1 aliphatic heterocycles. The lowest BCUT2D eigenvalue weighted by atomic mass is 10.1. The molecule has 0 aliphatic carbocycles. The highest BCUT2D eigenvalue weighted by atomic mass is 16.7. The number of benzene rings is 3. The Kier molecular flexibility index (Phi) is 4.95. The van der Waals surface area contributed by atoms with Crippen LogP contribution in [0.25, 0.3) is 10.8 Å². The number of ether oxygens (including phenoxy) is 4. The van der Waals surface area contributed by atoms with Gasteiger partial charge in [-0.1, -0.05) is 12.1 Å². The highest BCUT2D eigenvalue weighted by molar-refractivity contribution is 6.05. The molecule has 0 radical (unpaired) electrons. The van der Waals surface area contributed by atoms with Crippen molar-refractivity contribution in [3.63, 3.8) is 0 Å². The number of rotatable bonds is 6. The van der Waals surface area contributed by atoms with E-state index in [4.69, 9.17) is 18.9 Å². The third-order valence-electron chi connectivity index (χ3n) is 4.55. The Morgan fingerprint density at radius 3 is 2.38 bits per heavy atom. The van der Waals surface area contributed by atoms with Crippen LogP contribution in [0.5, 0.6) is 23.0 Å². The number of hydrogen-bond donors (Lipinski definition) is 1. The molecule has 0 saturated carbocycles. The summed E-state index contributed by atoms with van der Waals surface area (Å²) in [7, 11) is 1.61. The van der Waals surface area contributed by atoms with E-state index in [1.807, 2.05) is 30.3 Å². The Hall–Kier alpha value is -3.74. The third kappa shape index (κ3) is 3.94. The molecule has 1 heterocycles. The molecule has 3 aromatic carbocycles. The minimum atomic E-state index is -0.392. The second kappa shape index (κ2) is 7.71. The zero-order chi connectivity index (χ0) is 20.4. The highest BCUT2D eigenvalue weighted by Gasteiger charge is 2.20. The van der Waals surface area contributed by atoms with Crippen LogP contribution in [0.3, 0.4) is 0 Å². The van der Waals surface area contributed by atoms with E-state index in [0.29, 0.717) is 28.5 Å². The zero-order valence-corrected chi connectivity index (χ0v) is 16.0. The van der Waals surface area contributed by atoms with E-state index in [1.165, 1.54) is 6.92 Å². The van der Waals surface area contributed by atoms with Gasteiger partial charge in [0.2, 0.25) is 6.79 Å². The molecular weight excluding hydrogens is 374 g/mol. The summed E-state index contributed by atoms with van der Waals surface area (Å²) in [6.07, 6.45) is 0. The van der Waals surface area contributed by atoms with E-state index >= 15 is 0 Å². The first-order valence-electron chi connectivity index (χ1n) is 8.98. The van der Waals surface area contributed by atoms with Crippen molar-refractivity contribution in [3.05, 3.63) is 54.1 Å². The first-order chi connectivity index (χ1) is 14.0. The first-order valence-corrected chi connectivity index (χ1v) is 8.98. The van der Waals surface area contributed by atoms with Gasteiger partial charge >= 0.3 is 0 Å². The van der Waals surface area contributed by atoms with Gasteiger partial charge in [-0.05, 0) is 48.0 Å². The number of Topliss-reactive ketones (excluding diaryl/α,β-unsaturated/α-hetero) is 1. The highest BCUT2D eigenvalue weighted by Crippen LogP contribution is 2.37. The van der Waals surface area contributed by atoms with Crippen molar-refractivity contribution in [2.75, 3.05) is 25.8 Å². The molecule has 7 heteroatoms. The quantitative estimate of drug-likeness (QED) is 0.642. The molecule has 1 amide bonds. The van der Waals surface area contributed by atoms with Gasteiger partial charge in [0.1, 0.15) is 11.5 Å². The van der Waals surface area contributed by atoms with E-state index in [-0.39, 0.29) is 19.2 Å². The van der Waals surface area contributed by atoms with Gasteiger partial charge in [-0.25, -0.2) is 0 Å². The predicted octanol–water partition coefficient (Wildman–Crippen LogP) is 3.80. The summed E-state index contributed by atoms with van der Waals surface area (Å²) in [5.41, 5.74) is 0.707. The normalized spacial score (nSPS) is 11.9. The van der Waals surface area contributed by atoms with Gasteiger partial charge in [0.05, 0.1) is 12.8 Å². The van der Waals surface area contributed by atoms with Gasteiger partial charge in [-0.2, -0.15) is 0 Å². The minimum Gasteiger partial charge on any atom is -0.497 e. The van der Waals surface area contributed by atoms with Gasteiger partial charge in [-0.3, -0.25) is 9.59 Å². The van der Waals surface area contributed by atoms with Crippen LogP contribution in [0.1, 0.15) is 17.3 Å². The standard InChI is InChI=1S/C22H19NO6/c1-13(24)18-9-20-21(29-12-28-20)10-19(18)23-22(25)11-27-17-6-4-14-3-5-16(26-2)7-15(14)8-17/h3-10H,11-12H2,1-2H3,(H,23,25). The van der Waals surface area contributed by atoms with Gasteiger partial charge in [0.15, 0.2) is 23.9 Å². The summed E-state index contributed by atoms with van der Waals surface area (Å²) < 4.78 is 21.5. The fraction of sp³-hybridized carbons (Fsp3) is 0.182. The lowest BCUT2D eigenvalue weighted by Crippen LogP contribution is -2.21. The lowest BCUT2D eigenvalue weighted by Gasteiger charge is -2.12. The van der Waals surface area contributed by atoms with Crippen molar-refractivity contribution in [2.45, 2.75) is 6.92 Å². The van der Waals surface area contributed by atoms with Crippen LogP contribution < -0.4 is 24.3 Å². The number of ketones is 1. The van der Waals surface area contributed by atoms with Crippen molar-refractivity contribution in [1.29, 1.82) is 0 Å². The van der Waals surface area contributed by atoms with Gasteiger partial charge < -0.3 is 24.3 Å². The molecule has 0 bridgehead atoms. The molecule has 29 heavy (non-hydrogen) atoms. The Morgan fingerprint density at radius 1 is 0.966 bits per heavy atom. The minimum absolute atomic E-state index is 0.0833. The molecule has 0 aromatic heterocycles. The average Bonchev–Trinajstić information content (AvgIpc) is 3.18.